The molecule has 0 aliphatic heterocycles. The van der Waals surface area contributed by atoms with Gasteiger partial charge in [-0.1, -0.05) is 0 Å². The molecule has 1 heterocycles. The van der Waals surface area contributed by atoms with Gasteiger partial charge >= 0.3 is 0 Å². The lowest BCUT2D eigenvalue weighted by Crippen LogP contribution is -2.15. The summed E-state index contributed by atoms with van der Waals surface area (Å²) in [6.45, 7) is 0. The van der Waals surface area contributed by atoms with E-state index in [-0.39, 0.29) is 11.3 Å². The molecule has 0 aliphatic rings. The number of halogens is 2. The second-order valence-corrected chi connectivity index (χ2v) is 4.81. The van der Waals surface area contributed by atoms with E-state index in [1.165, 1.54) is 18.5 Å². The van der Waals surface area contributed by atoms with Crippen LogP contribution in [-0.4, -0.2) is 15.8 Å². The molecule has 1 aromatic carbocycles. The zero-order valence-corrected chi connectivity index (χ0v) is 11.9. The van der Waals surface area contributed by atoms with Gasteiger partial charge in [0, 0.05) is 12.4 Å². The Morgan fingerprint density at radius 1 is 1.48 bits per heavy atom. The molecule has 3 N–H and O–H groups in total. The van der Waals surface area contributed by atoms with Crippen LogP contribution in [0.3, 0.4) is 0 Å². The normalized spacial score (nSPS) is 10.2. The molecule has 0 bridgehead atoms. The standard InChI is InChI=1S/C12H8BrFN4O3/c13-7-5-16-2-1-10(7)17-12(19)6-3-9(15)8(14)4-11(6)18(20)21/h1-5H,15H2,(H,16,17,19). The Kier molecular flexibility index (Phi) is 4.13. The second kappa shape index (κ2) is 5.83. The molecule has 1 amide bonds. The highest BCUT2D eigenvalue weighted by molar-refractivity contribution is 9.10. The van der Waals surface area contributed by atoms with Crippen molar-refractivity contribution in [2.24, 2.45) is 0 Å². The molecule has 2 rings (SSSR count). The number of nitrogens with zero attached hydrogens (tertiary/aromatic N) is 2. The predicted molar refractivity (Wildman–Crippen MR) is 77.4 cm³/mol. The van der Waals surface area contributed by atoms with Crippen molar-refractivity contribution in [1.29, 1.82) is 0 Å². The molecule has 0 aliphatic carbocycles. The van der Waals surface area contributed by atoms with E-state index in [1.807, 2.05) is 0 Å². The van der Waals surface area contributed by atoms with Gasteiger partial charge in [0.25, 0.3) is 11.6 Å². The van der Waals surface area contributed by atoms with Gasteiger partial charge in [0.2, 0.25) is 0 Å². The Morgan fingerprint density at radius 2 is 2.19 bits per heavy atom. The number of hydrogen-bond acceptors (Lipinski definition) is 5. The molecule has 0 spiro atoms. The van der Waals surface area contributed by atoms with Crippen LogP contribution in [0, 0.1) is 15.9 Å². The Balaban J connectivity index is 2.42. The van der Waals surface area contributed by atoms with Crippen LogP contribution in [0.5, 0.6) is 0 Å². The molecule has 21 heavy (non-hydrogen) atoms. The van der Waals surface area contributed by atoms with Crippen molar-refractivity contribution in [3.8, 4) is 0 Å². The van der Waals surface area contributed by atoms with Crippen molar-refractivity contribution in [3.05, 3.63) is 56.6 Å². The van der Waals surface area contributed by atoms with Gasteiger partial charge in [0.05, 0.1) is 26.8 Å². The minimum Gasteiger partial charge on any atom is -0.396 e. The minimum absolute atomic E-state index is 0.331. The Labute approximate surface area is 126 Å². The van der Waals surface area contributed by atoms with Crippen LogP contribution in [0.4, 0.5) is 21.5 Å². The van der Waals surface area contributed by atoms with Gasteiger partial charge < -0.3 is 11.1 Å². The van der Waals surface area contributed by atoms with E-state index in [1.54, 1.807) is 0 Å². The maximum atomic E-state index is 13.3. The molecule has 9 heteroatoms. The molecule has 0 atom stereocenters. The summed E-state index contributed by atoms with van der Waals surface area (Å²) in [6, 6.07) is 3.05. The number of anilines is 2. The van der Waals surface area contributed by atoms with Gasteiger partial charge in [0.15, 0.2) is 5.82 Å². The SMILES string of the molecule is Nc1cc(C(=O)Nc2ccncc2Br)c([N+](=O)[O-])cc1F. The predicted octanol–water partition coefficient (Wildman–Crippen LogP) is 2.73. The van der Waals surface area contributed by atoms with Gasteiger partial charge in [-0.15, -0.1) is 0 Å². The van der Waals surface area contributed by atoms with Crippen LogP contribution in [0.2, 0.25) is 0 Å². The van der Waals surface area contributed by atoms with Crippen molar-refractivity contribution < 1.29 is 14.1 Å². The van der Waals surface area contributed by atoms with Crippen LogP contribution in [-0.2, 0) is 0 Å². The van der Waals surface area contributed by atoms with E-state index in [2.05, 4.69) is 26.2 Å². The Bertz CT molecular complexity index is 738. The monoisotopic (exact) mass is 354 g/mol. The minimum atomic E-state index is -0.955. The molecule has 0 radical (unpaired) electrons. The van der Waals surface area contributed by atoms with Crippen molar-refractivity contribution in [2.45, 2.75) is 0 Å². The van der Waals surface area contributed by atoms with E-state index in [4.69, 9.17) is 5.73 Å². The van der Waals surface area contributed by atoms with Gasteiger partial charge in [-0.3, -0.25) is 19.9 Å². The molecular weight excluding hydrogens is 347 g/mol. The van der Waals surface area contributed by atoms with Crippen LogP contribution in [0.15, 0.2) is 35.1 Å². The fourth-order valence-electron chi connectivity index (χ4n) is 1.58. The highest BCUT2D eigenvalue weighted by Crippen LogP contribution is 2.27. The summed E-state index contributed by atoms with van der Waals surface area (Å²) in [6.07, 6.45) is 2.89. The summed E-state index contributed by atoms with van der Waals surface area (Å²) in [4.78, 5) is 26.0. The van der Waals surface area contributed by atoms with E-state index in [0.717, 1.165) is 6.07 Å². The number of nitro benzene ring substituents is 1. The largest absolute Gasteiger partial charge is 0.396 e. The van der Waals surface area contributed by atoms with Crippen LogP contribution < -0.4 is 11.1 Å². The van der Waals surface area contributed by atoms with Gasteiger partial charge in [-0.25, -0.2) is 4.39 Å². The number of carbonyl (C=O) groups excluding carboxylic acids is 1. The van der Waals surface area contributed by atoms with Gasteiger partial charge in [-0.05, 0) is 28.1 Å². The topological polar surface area (TPSA) is 111 Å². The van der Waals surface area contributed by atoms with Crippen LogP contribution in [0.1, 0.15) is 10.4 Å². The van der Waals surface area contributed by atoms with Gasteiger partial charge in [0.1, 0.15) is 5.56 Å². The highest BCUT2D eigenvalue weighted by atomic mass is 79.9. The number of nitro groups is 1. The lowest BCUT2D eigenvalue weighted by Gasteiger charge is -2.08. The number of aromatic nitrogens is 1. The van der Waals surface area contributed by atoms with E-state index < -0.39 is 22.3 Å². The molecule has 0 fully saturated rings. The smallest absolute Gasteiger partial charge is 0.285 e. The zero-order valence-electron chi connectivity index (χ0n) is 10.3. The first-order valence-electron chi connectivity index (χ1n) is 5.54. The maximum absolute atomic E-state index is 13.3. The number of nitrogens with two attached hydrogens (primary N) is 1. The zero-order chi connectivity index (χ0) is 15.6. The third-order valence-corrected chi connectivity index (χ3v) is 3.21. The quantitative estimate of drug-likeness (QED) is 0.500. The molecule has 7 nitrogen and oxygen atoms in total. The highest BCUT2D eigenvalue weighted by Gasteiger charge is 2.23. The molecular formula is C12H8BrFN4O3. The van der Waals surface area contributed by atoms with Gasteiger partial charge in [-0.2, -0.15) is 0 Å². The summed E-state index contributed by atoms with van der Waals surface area (Å²) >= 11 is 3.18. The summed E-state index contributed by atoms with van der Waals surface area (Å²) in [7, 11) is 0. The lowest BCUT2D eigenvalue weighted by molar-refractivity contribution is -0.385. The van der Waals surface area contributed by atoms with Crippen molar-refractivity contribution >= 4 is 38.9 Å². The number of amides is 1. The first kappa shape index (κ1) is 14.9. The molecule has 0 saturated carbocycles. The lowest BCUT2D eigenvalue weighted by atomic mass is 10.1. The fraction of sp³-hybridized carbons (Fsp3) is 0. The van der Waals surface area contributed by atoms with E-state index >= 15 is 0 Å². The number of benzene rings is 1. The number of hydrogen-bond donors (Lipinski definition) is 2. The number of rotatable bonds is 3. The summed E-state index contributed by atoms with van der Waals surface area (Å²) < 4.78 is 13.8. The number of nitrogens with one attached hydrogen (secondary N) is 1. The molecule has 0 unspecified atom stereocenters. The number of carbonyl (C=O) groups is 1. The first-order chi connectivity index (χ1) is 9.90. The van der Waals surface area contributed by atoms with Crippen molar-refractivity contribution in [3.63, 3.8) is 0 Å². The molecule has 2 aromatic rings. The van der Waals surface area contributed by atoms with Crippen LogP contribution in [0.25, 0.3) is 0 Å². The fourth-order valence-corrected chi connectivity index (χ4v) is 1.93. The van der Waals surface area contributed by atoms with E-state index in [9.17, 15) is 19.3 Å². The molecule has 0 saturated heterocycles. The number of nitrogen functional groups attached to an aromatic ring is 1. The third-order valence-electron chi connectivity index (χ3n) is 2.58. The summed E-state index contributed by atoms with van der Waals surface area (Å²) in [5.74, 6) is -1.73. The molecule has 108 valence electrons. The average Bonchev–Trinajstić information content (AvgIpc) is 2.43. The Hall–Kier alpha value is -2.55. The third kappa shape index (κ3) is 3.14. The Morgan fingerprint density at radius 3 is 2.81 bits per heavy atom. The first-order valence-corrected chi connectivity index (χ1v) is 6.33. The summed E-state index contributed by atoms with van der Waals surface area (Å²) in [5.41, 5.74) is 4.38. The van der Waals surface area contributed by atoms with Crippen molar-refractivity contribution in [1.82, 2.24) is 4.98 Å². The van der Waals surface area contributed by atoms with E-state index in [0.29, 0.717) is 16.2 Å². The molecule has 1 aromatic heterocycles. The van der Waals surface area contributed by atoms with Crippen LogP contribution >= 0.6 is 15.9 Å². The summed E-state index contributed by atoms with van der Waals surface area (Å²) in [5, 5.41) is 13.4. The second-order valence-electron chi connectivity index (χ2n) is 3.96. The maximum Gasteiger partial charge on any atom is 0.285 e. The van der Waals surface area contributed by atoms with Crippen molar-refractivity contribution in [2.75, 3.05) is 11.1 Å². The average molecular weight is 355 g/mol. The number of pyridine rings is 1.